The van der Waals surface area contributed by atoms with Crippen molar-refractivity contribution in [3.63, 3.8) is 0 Å². The molecule has 1 N–H and O–H groups in total. The van der Waals surface area contributed by atoms with Crippen molar-refractivity contribution in [2.45, 2.75) is 12.6 Å². The molecule has 118 valence electrons. The molecule has 1 atom stereocenters. The van der Waals surface area contributed by atoms with E-state index in [-0.39, 0.29) is 16.4 Å². The van der Waals surface area contributed by atoms with Gasteiger partial charge >= 0.3 is 4.87 Å². The molecule has 1 unspecified atom stereocenters. The Bertz CT molecular complexity index is 862. The Labute approximate surface area is 139 Å². The summed E-state index contributed by atoms with van der Waals surface area (Å²) >= 11 is 6.68. The molecule has 0 aliphatic rings. The second kappa shape index (κ2) is 6.57. The van der Waals surface area contributed by atoms with Gasteiger partial charge in [-0.15, -0.1) is 0 Å². The van der Waals surface area contributed by atoms with Crippen LogP contribution in [0.5, 0.6) is 0 Å². The molecule has 0 aliphatic carbocycles. The van der Waals surface area contributed by atoms with Gasteiger partial charge in [0.25, 0.3) is 0 Å². The molecule has 0 spiro atoms. The van der Waals surface area contributed by atoms with E-state index >= 15 is 0 Å². The van der Waals surface area contributed by atoms with Crippen molar-refractivity contribution in [3.8, 4) is 10.6 Å². The Morgan fingerprint density at radius 1 is 1.39 bits per heavy atom. The lowest BCUT2D eigenvalue weighted by Gasteiger charge is -2.09. The number of aliphatic hydroxyl groups is 1. The minimum atomic E-state index is -0.910. The lowest BCUT2D eigenvalue weighted by Crippen LogP contribution is -2.19. The van der Waals surface area contributed by atoms with Gasteiger partial charge in [0.05, 0.1) is 6.54 Å². The molecule has 0 radical (unpaired) electrons. The average molecular weight is 352 g/mol. The monoisotopic (exact) mass is 351 g/mol. The third-order valence-electron chi connectivity index (χ3n) is 3.13. The highest BCUT2D eigenvalue weighted by molar-refractivity contribution is 7.12. The molecule has 0 bridgehead atoms. The first-order chi connectivity index (χ1) is 11.0. The summed E-state index contributed by atoms with van der Waals surface area (Å²) in [7, 11) is 0. The van der Waals surface area contributed by atoms with Crippen molar-refractivity contribution in [3.05, 3.63) is 68.8 Å². The van der Waals surface area contributed by atoms with E-state index in [0.717, 1.165) is 16.0 Å². The predicted octanol–water partition coefficient (Wildman–Crippen LogP) is 2.89. The quantitative estimate of drug-likeness (QED) is 0.784. The fraction of sp³-hybridized carbons (Fsp3) is 0.133. The van der Waals surface area contributed by atoms with Crippen LogP contribution in [0.25, 0.3) is 10.6 Å². The Morgan fingerprint density at radius 3 is 2.91 bits per heavy atom. The maximum absolute atomic E-state index is 13.4. The van der Waals surface area contributed by atoms with Gasteiger partial charge in [-0.2, -0.15) is 5.10 Å². The summed E-state index contributed by atoms with van der Waals surface area (Å²) in [5.74, 6) is -0.503. The third-order valence-corrected chi connectivity index (χ3v) is 4.25. The van der Waals surface area contributed by atoms with E-state index in [0.29, 0.717) is 16.1 Å². The summed E-state index contributed by atoms with van der Waals surface area (Å²) in [6, 6.07) is 7.37. The van der Waals surface area contributed by atoms with Crippen molar-refractivity contribution in [1.82, 2.24) is 14.8 Å². The molecule has 0 saturated carbocycles. The van der Waals surface area contributed by atoms with Crippen LogP contribution >= 0.6 is 22.9 Å². The van der Waals surface area contributed by atoms with E-state index in [9.17, 15) is 14.3 Å². The molecule has 2 aromatic heterocycles. The maximum Gasteiger partial charge on any atom is 0.325 e. The zero-order valence-electron chi connectivity index (χ0n) is 11.7. The van der Waals surface area contributed by atoms with Crippen molar-refractivity contribution in [2.24, 2.45) is 0 Å². The molecule has 0 fully saturated rings. The van der Waals surface area contributed by atoms with Crippen molar-refractivity contribution >= 4 is 22.9 Å². The van der Waals surface area contributed by atoms with Gasteiger partial charge in [0.1, 0.15) is 16.9 Å². The molecule has 0 aliphatic heterocycles. The van der Waals surface area contributed by atoms with Crippen LogP contribution in [0.15, 0.2) is 47.5 Å². The van der Waals surface area contributed by atoms with Gasteiger partial charge in [0.15, 0.2) is 0 Å². The van der Waals surface area contributed by atoms with Crippen LogP contribution in [0.4, 0.5) is 4.39 Å². The molecule has 0 amide bonds. The van der Waals surface area contributed by atoms with E-state index in [1.807, 2.05) is 0 Å². The Hall–Kier alpha value is -2.09. The first kappa shape index (κ1) is 15.8. The Morgan fingerprint density at radius 2 is 2.22 bits per heavy atom. The van der Waals surface area contributed by atoms with Crippen LogP contribution in [-0.2, 0) is 6.54 Å². The van der Waals surface area contributed by atoms with Gasteiger partial charge in [0.2, 0.25) is 0 Å². The van der Waals surface area contributed by atoms with E-state index in [2.05, 4.69) is 10.1 Å². The molecule has 3 aromatic rings. The van der Waals surface area contributed by atoms with Gasteiger partial charge in [-0.1, -0.05) is 29.0 Å². The smallest absolute Gasteiger partial charge is 0.325 e. The lowest BCUT2D eigenvalue weighted by molar-refractivity contribution is 0.150. The van der Waals surface area contributed by atoms with Crippen LogP contribution in [-0.4, -0.2) is 19.9 Å². The Kier molecular flexibility index (Phi) is 4.51. The van der Waals surface area contributed by atoms with Crippen LogP contribution < -0.4 is 4.87 Å². The number of nitrogens with zero attached hydrogens (tertiary/aromatic N) is 3. The van der Waals surface area contributed by atoms with E-state index < -0.39 is 11.9 Å². The van der Waals surface area contributed by atoms with E-state index in [1.165, 1.54) is 24.4 Å². The topological polar surface area (TPSA) is 68.0 Å². The third kappa shape index (κ3) is 3.64. The lowest BCUT2D eigenvalue weighted by atomic mass is 10.2. The average Bonchev–Trinajstić information content (AvgIpc) is 2.88. The second-order valence-electron chi connectivity index (χ2n) is 4.82. The largest absolute Gasteiger partial charge is 0.386 e. The molecule has 5 nitrogen and oxygen atoms in total. The molecule has 2 heterocycles. The number of aromatic nitrogens is 3. The van der Waals surface area contributed by atoms with Gasteiger partial charge in [-0.25, -0.2) is 9.07 Å². The minimum Gasteiger partial charge on any atom is -0.386 e. The first-order valence-electron chi connectivity index (χ1n) is 6.65. The van der Waals surface area contributed by atoms with Crippen molar-refractivity contribution < 1.29 is 9.50 Å². The summed E-state index contributed by atoms with van der Waals surface area (Å²) in [6.45, 7) is -0.00985. The molecule has 1 aromatic carbocycles. The molecular weight excluding hydrogens is 341 g/mol. The summed E-state index contributed by atoms with van der Waals surface area (Å²) in [4.78, 5) is 15.6. The summed E-state index contributed by atoms with van der Waals surface area (Å²) in [6.07, 6.45) is 2.21. The molecular formula is C15H11ClFN3O2S. The fourth-order valence-corrected chi connectivity index (χ4v) is 3.04. The van der Waals surface area contributed by atoms with Crippen molar-refractivity contribution in [1.29, 1.82) is 0 Å². The fourth-order valence-electron chi connectivity index (χ4n) is 2.06. The summed E-state index contributed by atoms with van der Waals surface area (Å²) < 4.78 is 14.6. The van der Waals surface area contributed by atoms with Crippen LogP contribution in [0.1, 0.15) is 11.7 Å². The molecule has 8 heteroatoms. The highest BCUT2D eigenvalue weighted by Gasteiger charge is 2.15. The van der Waals surface area contributed by atoms with Crippen LogP contribution in [0.3, 0.4) is 0 Å². The second-order valence-corrected chi connectivity index (χ2v) is 6.19. The number of pyridine rings is 1. The highest BCUT2D eigenvalue weighted by Crippen LogP contribution is 2.25. The number of rotatable bonds is 4. The number of hydrogen-bond acceptors (Lipinski definition) is 5. The molecule has 3 rings (SSSR count). The number of aliphatic hydroxyl groups excluding tert-OH is 1. The van der Waals surface area contributed by atoms with E-state index in [4.69, 9.17) is 11.6 Å². The first-order valence-corrected chi connectivity index (χ1v) is 7.85. The van der Waals surface area contributed by atoms with Gasteiger partial charge < -0.3 is 5.11 Å². The van der Waals surface area contributed by atoms with Crippen molar-refractivity contribution in [2.75, 3.05) is 0 Å². The molecule has 0 saturated heterocycles. The standard InChI is InChI=1S/C15H11ClFN3O2S/c16-11-4-10(5-12(17)6-11)14-19-20(15(22)23-14)8-13(21)9-2-1-3-18-7-9/h1-7,13,21H,8H2. The zero-order chi connectivity index (χ0) is 16.4. The number of halogens is 2. The minimum absolute atomic E-state index is 0.00985. The zero-order valence-corrected chi connectivity index (χ0v) is 13.3. The van der Waals surface area contributed by atoms with Gasteiger partial charge in [-0.3, -0.25) is 9.78 Å². The normalized spacial score (nSPS) is 12.3. The highest BCUT2D eigenvalue weighted by atomic mass is 35.5. The number of hydrogen-bond donors (Lipinski definition) is 1. The SMILES string of the molecule is O=c1sc(-c2cc(F)cc(Cl)c2)nn1CC(O)c1cccnc1. The molecule has 23 heavy (non-hydrogen) atoms. The van der Waals surface area contributed by atoms with Crippen LogP contribution in [0.2, 0.25) is 5.02 Å². The van der Waals surface area contributed by atoms with E-state index in [1.54, 1.807) is 18.3 Å². The Balaban J connectivity index is 1.88. The van der Waals surface area contributed by atoms with Gasteiger partial charge in [0, 0.05) is 28.5 Å². The maximum atomic E-state index is 13.4. The summed E-state index contributed by atoms with van der Waals surface area (Å²) in [5.41, 5.74) is 1.01. The predicted molar refractivity (Wildman–Crippen MR) is 86.0 cm³/mol. The van der Waals surface area contributed by atoms with Gasteiger partial charge in [-0.05, 0) is 24.3 Å². The number of benzene rings is 1. The van der Waals surface area contributed by atoms with Crippen LogP contribution in [0, 0.1) is 5.82 Å². The summed E-state index contributed by atoms with van der Waals surface area (Å²) in [5, 5.41) is 14.9.